The average Bonchev–Trinajstić information content (AvgIpc) is 3.12. The van der Waals surface area contributed by atoms with Crippen molar-refractivity contribution in [3.8, 4) is 0 Å². The summed E-state index contributed by atoms with van der Waals surface area (Å²) in [7, 11) is 0. The smallest absolute Gasteiger partial charge is 0.349 e. The molecule has 0 radical (unpaired) electrons. The number of hydrogen-bond donors (Lipinski definition) is 1. The van der Waals surface area contributed by atoms with E-state index in [2.05, 4.69) is 10.3 Å². The molecular formula is C20H21F6N3O2S. The normalized spacial score (nSPS) is 12.4. The molecule has 32 heavy (non-hydrogen) atoms. The van der Waals surface area contributed by atoms with Gasteiger partial charge < -0.3 is 10.2 Å². The van der Waals surface area contributed by atoms with E-state index in [0.29, 0.717) is 17.1 Å². The predicted molar refractivity (Wildman–Crippen MR) is 106 cm³/mol. The standard InChI is InChI=1S/C20H21F6N3O2S/c1-10(2)27-17(30)15-9-32-16(28-15)8-29(11(3)4)18(31)12-5-13(19(21,22)23)7-14(6-12)20(24,25)26/h5-7,9-11H,8H2,1-4H3,(H,27,30). The van der Waals surface area contributed by atoms with Crippen molar-refractivity contribution in [1.29, 1.82) is 0 Å². The van der Waals surface area contributed by atoms with Gasteiger partial charge in [-0.2, -0.15) is 26.3 Å². The van der Waals surface area contributed by atoms with Gasteiger partial charge in [0.1, 0.15) is 10.7 Å². The number of carbonyl (C=O) groups excluding carboxylic acids is 2. The lowest BCUT2D eigenvalue weighted by Crippen LogP contribution is -2.36. The number of rotatable bonds is 6. The maximum absolute atomic E-state index is 13.1. The molecule has 0 aliphatic heterocycles. The molecule has 0 fully saturated rings. The van der Waals surface area contributed by atoms with Crippen molar-refractivity contribution in [2.24, 2.45) is 0 Å². The number of amides is 2. The fourth-order valence-corrected chi connectivity index (χ4v) is 3.47. The van der Waals surface area contributed by atoms with E-state index in [-0.39, 0.29) is 24.3 Å². The number of carbonyl (C=O) groups is 2. The van der Waals surface area contributed by atoms with Crippen molar-refractivity contribution in [2.75, 3.05) is 0 Å². The zero-order chi connectivity index (χ0) is 24.4. The van der Waals surface area contributed by atoms with Crippen molar-refractivity contribution in [1.82, 2.24) is 15.2 Å². The lowest BCUT2D eigenvalue weighted by atomic mass is 10.0. The largest absolute Gasteiger partial charge is 0.416 e. The summed E-state index contributed by atoms with van der Waals surface area (Å²) in [6.45, 7) is 6.46. The molecule has 0 bridgehead atoms. The first-order valence-electron chi connectivity index (χ1n) is 9.45. The molecule has 2 aromatic rings. The first kappa shape index (κ1) is 25.6. The number of benzene rings is 1. The molecule has 2 rings (SSSR count). The molecule has 0 aliphatic carbocycles. The Labute approximate surface area is 184 Å². The van der Waals surface area contributed by atoms with Crippen LogP contribution in [0, 0.1) is 0 Å². The molecule has 5 nitrogen and oxygen atoms in total. The Kier molecular flexibility index (Phi) is 7.59. The Morgan fingerprint density at radius 2 is 1.53 bits per heavy atom. The second kappa shape index (κ2) is 9.47. The number of thiazole rings is 1. The van der Waals surface area contributed by atoms with Gasteiger partial charge in [0.2, 0.25) is 0 Å². The summed E-state index contributed by atoms with van der Waals surface area (Å²) in [5.41, 5.74) is -3.77. The van der Waals surface area contributed by atoms with Gasteiger partial charge in [0.25, 0.3) is 11.8 Å². The average molecular weight is 481 g/mol. The summed E-state index contributed by atoms with van der Waals surface area (Å²) >= 11 is 1.05. The maximum atomic E-state index is 13.1. The fraction of sp³-hybridized carbons (Fsp3) is 0.450. The van der Waals surface area contributed by atoms with Crippen molar-refractivity contribution in [3.63, 3.8) is 0 Å². The molecule has 176 valence electrons. The van der Waals surface area contributed by atoms with Crippen LogP contribution < -0.4 is 5.32 Å². The number of aromatic nitrogens is 1. The van der Waals surface area contributed by atoms with E-state index in [0.717, 1.165) is 16.2 Å². The summed E-state index contributed by atoms with van der Waals surface area (Å²) < 4.78 is 78.8. The van der Waals surface area contributed by atoms with E-state index < -0.39 is 46.9 Å². The van der Waals surface area contributed by atoms with Gasteiger partial charge in [0.05, 0.1) is 17.7 Å². The van der Waals surface area contributed by atoms with Crippen LogP contribution in [0.25, 0.3) is 0 Å². The van der Waals surface area contributed by atoms with Gasteiger partial charge in [-0.3, -0.25) is 9.59 Å². The van der Waals surface area contributed by atoms with Gasteiger partial charge in [-0.05, 0) is 45.9 Å². The van der Waals surface area contributed by atoms with Crippen LogP contribution in [-0.2, 0) is 18.9 Å². The minimum atomic E-state index is -5.06. The molecule has 0 atom stereocenters. The number of nitrogens with zero attached hydrogens (tertiary/aromatic N) is 2. The summed E-state index contributed by atoms with van der Waals surface area (Å²) in [6, 6.07) is 0.0668. The molecule has 0 aliphatic rings. The van der Waals surface area contributed by atoms with Gasteiger partial charge in [-0.25, -0.2) is 4.98 Å². The quantitative estimate of drug-likeness (QED) is 0.565. The third-order valence-corrected chi connectivity index (χ3v) is 5.06. The molecule has 1 aromatic carbocycles. The van der Waals surface area contributed by atoms with E-state index >= 15 is 0 Å². The number of alkyl halides is 6. The minimum Gasteiger partial charge on any atom is -0.349 e. The second-order valence-corrected chi connectivity index (χ2v) is 8.52. The third-order valence-electron chi connectivity index (χ3n) is 4.23. The molecule has 1 heterocycles. The second-order valence-electron chi connectivity index (χ2n) is 7.58. The highest BCUT2D eigenvalue weighted by molar-refractivity contribution is 7.09. The molecule has 0 saturated carbocycles. The number of halogens is 6. The van der Waals surface area contributed by atoms with Crippen LogP contribution in [0.15, 0.2) is 23.6 Å². The van der Waals surface area contributed by atoms with E-state index in [1.807, 2.05) is 0 Å². The SMILES string of the molecule is CC(C)NC(=O)c1csc(CN(C(=O)c2cc(C(F)(F)F)cc(C(F)(F)F)c2)C(C)C)n1. The highest BCUT2D eigenvalue weighted by atomic mass is 32.1. The molecule has 0 unspecified atom stereocenters. The molecular weight excluding hydrogens is 460 g/mol. The number of hydrogen-bond acceptors (Lipinski definition) is 4. The zero-order valence-electron chi connectivity index (χ0n) is 17.6. The van der Waals surface area contributed by atoms with Crippen LogP contribution in [0.1, 0.15) is 64.7 Å². The molecule has 0 spiro atoms. The summed E-state index contributed by atoms with van der Waals surface area (Å²) in [4.78, 5) is 30.2. The van der Waals surface area contributed by atoms with E-state index in [1.165, 1.54) is 5.38 Å². The topological polar surface area (TPSA) is 62.3 Å². The van der Waals surface area contributed by atoms with E-state index in [9.17, 15) is 35.9 Å². The lowest BCUT2D eigenvalue weighted by molar-refractivity contribution is -0.143. The van der Waals surface area contributed by atoms with Crippen molar-refractivity contribution >= 4 is 23.2 Å². The Balaban J connectivity index is 2.38. The molecule has 12 heteroatoms. The van der Waals surface area contributed by atoms with Crippen LogP contribution in [0.4, 0.5) is 26.3 Å². The highest BCUT2D eigenvalue weighted by Gasteiger charge is 2.38. The zero-order valence-corrected chi connectivity index (χ0v) is 18.4. The van der Waals surface area contributed by atoms with Crippen LogP contribution in [0.2, 0.25) is 0 Å². The minimum absolute atomic E-state index is 0.0308. The van der Waals surface area contributed by atoms with Crippen LogP contribution in [0.5, 0.6) is 0 Å². The summed E-state index contributed by atoms with van der Waals surface area (Å²) in [5.74, 6) is -1.45. The lowest BCUT2D eigenvalue weighted by Gasteiger charge is -2.26. The van der Waals surface area contributed by atoms with Crippen LogP contribution in [-0.4, -0.2) is 33.8 Å². The molecule has 1 aromatic heterocycles. The predicted octanol–water partition coefficient (Wildman–Crippen LogP) is 5.37. The summed E-state index contributed by atoms with van der Waals surface area (Å²) in [6.07, 6.45) is -10.1. The Bertz CT molecular complexity index is 950. The van der Waals surface area contributed by atoms with Crippen LogP contribution >= 0.6 is 11.3 Å². The van der Waals surface area contributed by atoms with Crippen molar-refractivity contribution < 1.29 is 35.9 Å². The summed E-state index contributed by atoms with van der Waals surface area (Å²) in [5, 5.41) is 4.42. The first-order chi connectivity index (χ1) is 14.6. The first-order valence-corrected chi connectivity index (χ1v) is 10.3. The van der Waals surface area contributed by atoms with Gasteiger partial charge in [-0.15, -0.1) is 11.3 Å². The Morgan fingerprint density at radius 1 is 1.00 bits per heavy atom. The van der Waals surface area contributed by atoms with Crippen molar-refractivity contribution in [2.45, 2.75) is 58.7 Å². The Morgan fingerprint density at radius 3 is 1.97 bits per heavy atom. The van der Waals surface area contributed by atoms with Gasteiger partial charge >= 0.3 is 12.4 Å². The van der Waals surface area contributed by atoms with Gasteiger partial charge in [0.15, 0.2) is 0 Å². The fourth-order valence-electron chi connectivity index (χ4n) is 2.70. The van der Waals surface area contributed by atoms with E-state index in [4.69, 9.17) is 0 Å². The molecule has 0 saturated heterocycles. The third kappa shape index (κ3) is 6.44. The molecule has 1 N–H and O–H groups in total. The van der Waals surface area contributed by atoms with Gasteiger partial charge in [0, 0.05) is 23.0 Å². The van der Waals surface area contributed by atoms with Crippen molar-refractivity contribution in [3.05, 3.63) is 51.0 Å². The van der Waals surface area contributed by atoms with Crippen LogP contribution in [0.3, 0.4) is 0 Å². The maximum Gasteiger partial charge on any atom is 0.416 e. The Hall–Kier alpha value is -2.63. The van der Waals surface area contributed by atoms with E-state index in [1.54, 1.807) is 27.7 Å². The monoisotopic (exact) mass is 481 g/mol. The van der Waals surface area contributed by atoms with Gasteiger partial charge in [-0.1, -0.05) is 0 Å². The number of nitrogens with one attached hydrogen (secondary N) is 1. The highest BCUT2D eigenvalue weighted by Crippen LogP contribution is 2.36. The molecule has 2 amide bonds.